The van der Waals surface area contributed by atoms with Gasteiger partial charge in [-0.1, -0.05) is 11.8 Å². The van der Waals surface area contributed by atoms with Gasteiger partial charge in [0.1, 0.15) is 5.69 Å². The molecule has 0 saturated heterocycles. The summed E-state index contributed by atoms with van der Waals surface area (Å²) in [5, 5.41) is 11.4. The molecule has 2 N–H and O–H groups in total. The van der Waals surface area contributed by atoms with Crippen LogP contribution in [-0.2, 0) is 4.79 Å². The van der Waals surface area contributed by atoms with Crippen molar-refractivity contribution in [3.05, 3.63) is 29.6 Å². The quantitative estimate of drug-likeness (QED) is 0.749. The summed E-state index contributed by atoms with van der Waals surface area (Å²) in [6, 6.07) is 3.37. The molecule has 2 amide bonds. The van der Waals surface area contributed by atoms with E-state index in [9.17, 15) is 9.59 Å². The third kappa shape index (κ3) is 5.24. The standard InChI is InChI=1S/C15H19N3O3/c1-3-16-13(20)11-18(2)15(21)14-12(7-4-5-10-19)8-6-9-17-14/h6,8-9,19H,3,5,10-11H2,1-2H3,(H,16,20). The fourth-order valence-electron chi connectivity index (χ4n) is 1.61. The largest absolute Gasteiger partial charge is 0.395 e. The number of carbonyl (C=O) groups excluding carboxylic acids is 2. The zero-order valence-corrected chi connectivity index (χ0v) is 12.2. The van der Waals surface area contributed by atoms with Gasteiger partial charge in [0.15, 0.2) is 0 Å². The number of pyridine rings is 1. The van der Waals surface area contributed by atoms with E-state index in [-0.39, 0.29) is 30.7 Å². The van der Waals surface area contributed by atoms with E-state index in [2.05, 4.69) is 22.1 Å². The van der Waals surface area contributed by atoms with E-state index < -0.39 is 0 Å². The van der Waals surface area contributed by atoms with Crippen molar-refractivity contribution >= 4 is 11.8 Å². The number of hydrogen-bond donors (Lipinski definition) is 2. The minimum atomic E-state index is -0.366. The van der Waals surface area contributed by atoms with E-state index in [1.165, 1.54) is 18.1 Å². The predicted octanol–water partition coefficient (Wildman–Crippen LogP) is 0.0236. The van der Waals surface area contributed by atoms with E-state index >= 15 is 0 Å². The van der Waals surface area contributed by atoms with Gasteiger partial charge in [-0.25, -0.2) is 4.98 Å². The number of carbonyl (C=O) groups is 2. The summed E-state index contributed by atoms with van der Waals surface area (Å²) >= 11 is 0. The Balaban J connectivity index is 2.87. The lowest BCUT2D eigenvalue weighted by Gasteiger charge is -2.16. The maximum atomic E-state index is 12.3. The van der Waals surface area contributed by atoms with E-state index in [1.807, 2.05) is 6.92 Å². The molecule has 21 heavy (non-hydrogen) atoms. The molecule has 1 rings (SSSR count). The number of likely N-dealkylation sites (N-methyl/N-ethyl adjacent to an activating group) is 2. The first kappa shape index (κ1) is 16.7. The first-order valence-electron chi connectivity index (χ1n) is 6.67. The molecule has 6 nitrogen and oxygen atoms in total. The molecule has 6 heteroatoms. The molecule has 0 spiro atoms. The number of aliphatic hydroxyl groups excluding tert-OH is 1. The maximum Gasteiger partial charge on any atom is 0.273 e. The molecule has 1 heterocycles. The summed E-state index contributed by atoms with van der Waals surface area (Å²) in [5.41, 5.74) is 0.688. The molecule has 0 saturated carbocycles. The van der Waals surface area contributed by atoms with Crippen molar-refractivity contribution in [2.75, 3.05) is 26.7 Å². The van der Waals surface area contributed by atoms with Crippen LogP contribution in [0.1, 0.15) is 29.4 Å². The van der Waals surface area contributed by atoms with Crippen LogP contribution >= 0.6 is 0 Å². The fourth-order valence-corrected chi connectivity index (χ4v) is 1.61. The molecular weight excluding hydrogens is 270 g/mol. The van der Waals surface area contributed by atoms with Gasteiger partial charge in [0, 0.05) is 26.2 Å². The van der Waals surface area contributed by atoms with Gasteiger partial charge >= 0.3 is 0 Å². The third-order valence-corrected chi connectivity index (χ3v) is 2.57. The van der Waals surface area contributed by atoms with Crippen LogP contribution in [-0.4, -0.2) is 53.5 Å². The van der Waals surface area contributed by atoms with Crippen LogP contribution in [0.5, 0.6) is 0 Å². The Morgan fingerprint density at radius 3 is 2.90 bits per heavy atom. The van der Waals surface area contributed by atoms with Gasteiger partial charge < -0.3 is 15.3 Å². The number of aliphatic hydroxyl groups is 1. The molecule has 0 aromatic carbocycles. The van der Waals surface area contributed by atoms with Crippen molar-refractivity contribution in [1.29, 1.82) is 0 Å². The van der Waals surface area contributed by atoms with Gasteiger partial charge in [0.2, 0.25) is 5.91 Å². The van der Waals surface area contributed by atoms with Crippen LogP contribution in [0, 0.1) is 11.8 Å². The van der Waals surface area contributed by atoms with Gasteiger partial charge in [0.25, 0.3) is 5.91 Å². The lowest BCUT2D eigenvalue weighted by Crippen LogP contribution is -2.38. The van der Waals surface area contributed by atoms with Crippen molar-refractivity contribution in [3.63, 3.8) is 0 Å². The maximum absolute atomic E-state index is 12.3. The lowest BCUT2D eigenvalue weighted by molar-refractivity contribution is -0.121. The van der Waals surface area contributed by atoms with Gasteiger partial charge in [-0.2, -0.15) is 0 Å². The molecule has 0 atom stereocenters. The summed E-state index contributed by atoms with van der Waals surface area (Å²) in [6.45, 7) is 2.26. The van der Waals surface area contributed by atoms with E-state index in [0.717, 1.165) is 0 Å². The molecule has 0 fully saturated rings. The van der Waals surface area contributed by atoms with Crippen LogP contribution in [0.2, 0.25) is 0 Å². The minimum absolute atomic E-state index is 0.0341. The summed E-state index contributed by atoms with van der Waals surface area (Å²) in [5.74, 6) is 4.97. The minimum Gasteiger partial charge on any atom is -0.395 e. The summed E-state index contributed by atoms with van der Waals surface area (Å²) in [6.07, 6.45) is 1.84. The molecule has 0 unspecified atom stereocenters. The monoisotopic (exact) mass is 289 g/mol. The highest BCUT2D eigenvalue weighted by molar-refractivity contribution is 5.96. The summed E-state index contributed by atoms with van der Waals surface area (Å²) in [4.78, 5) is 29.1. The normalized spacial score (nSPS) is 9.48. The Hall–Kier alpha value is -2.39. The first-order valence-corrected chi connectivity index (χ1v) is 6.67. The van der Waals surface area contributed by atoms with Crippen molar-refractivity contribution in [2.24, 2.45) is 0 Å². The third-order valence-electron chi connectivity index (χ3n) is 2.57. The predicted molar refractivity (Wildman–Crippen MR) is 78.5 cm³/mol. The van der Waals surface area contributed by atoms with Gasteiger partial charge in [-0.05, 0) is 19.1 Å². The van der Waals surface area contributed by atoms with Crippen LogP contribution in [0.4, 0.5) is 0 Å². The second-order valence-electron chi connectivity index (χ2n) is 4.29. The topological polar surface area (TPSA) is 82.5 Å². The molecule has 112 valence electrons. The highest BCUT2D eigenvalue weighted by Gasteiger charge is 2.18. The Morgan fingerprint density at radius 1 is 1.48 bits per heavy atom. The summed E-state index contributed by atoms with van der Waals surface area (Å²) < 4.78 is 0. The van der Waals surface area contributed by atoms with Crippen LogP contribution in [0.15, 0.2) is 18.3 Å². The van der Waals surface area contributed by atoms with E-state index in [1.54, 1.807) is 12.1 Å². The summed E-state index contributed by atoms with van der Waals surface area (Å²) in [7, 11) is 1.54. The second-order valence-corrected chi connectivity index (χ2v) is 4.29. The number of rotatable bonds is 5. The second kappa shape index (κ2) is 8.72. The Bertz CT molecular complexity index is 561. The van der Waals surface area contributed by atoms with Gasteiger partial charge in [0.05, 0.1) is 18.7 Å². The average molecular weight is 289 g/mol. The average Bonchev–Trinajstić information content (AvgIpc) is 2.47. The molecular formula is C15H19N3O3. The number of hydrogen-bond acceptors (Lipinski definition) is 4. The van der Waals surface area contributed by atoms with Crippen molar-refractivity contribution in [3.8, 4) is 11.8 Å². The van der Waals surface area contributed by atoms with Crippen molar-refractivity contribution in [2.45, 2.75) is 13.3 Å². The molecule has 0 bridgehead atoms. The highest BCUT2D eigenvalue weighted by atomic mass is 16.2. The Kier molecular flexibility index (Phi) is 6.92. The molecule has 0 aliphatic heterocycles. The van der Waals surface area contributed by atoms with Gasteiger partial charge in [-0.15, -0.1) is 0 Å². The number of aromatic nitrogens is 1. The number of amides is 2. The first-order chi connectivity index (χ1) is 10.1. The molecule has 1 aromatic heterocycles. The zero-order valence-electron chi connectivity index (χ0n) is 12.2. The molecule has 0 aliphatic rings. The SMILES string of the molecule is CCNC(=O)CN(C)C(=O)c1ncccc1C#CCCO. The fraction of sp³-hybridized carbons (Fsp3) is 0.400. The molecule has 0 radical (unpaired) electrons. The number of nitrogens with one attached hydrogen (secondary N) is 1. The number of nitrogens with zero attached hydrogens (tertiary/aromatic N) is 2. The van der Waals surface area contributed by atoms with Crippen molar-refractivity contribution in [1.82, 2.24) is 15.2 Å². The molecule has 0 aliphatic carbocycles. The Labute approximate surface area is 124 Å². The smallest absolute Gasteiger partial charge is 0.273 e. The Morgan fingerprint density at radius 2 is 2.24 bits per heavy atom. The van der Waals surface area contributed by atoms with Crippen molar-refractivity contribution < 1.29 is 14.7 Å². The van der Waals surface area contributed by atoms with Gasteiger partial charge in [-0.3, -0.25) is 9.59 Å². The van der Waals surface area contributed by atoms with E-state index in [0.29, 0.717) is 18.5 Å². The van der Waals surface area contributed by atoms with Crippen LogP contribution in [0.3, 0.4) is 0 Å². The molecule has 1 aromatic rings. The lowest BCUT2D eigenvalue weighted by atomic mass is 10.1. The van der Waals surface area contributed by atoms with Crippen LogP contribution < -0.4 is 5.32 Å². The zero-order chi connectivity index (χ0) is 15.7. The highest BCUT2D eigenvalue weighted by Crippen LogP contribution is 2.07. The van der Waals surface area contributed by atoms with E-state index in [4.69, 9.17) is 5.11 Å². The van der Waals surface area contributed by atoms with Crippen LogP contribution in [0.25, 0.3) is 0 Å².